The van der Waals surface area contributed by atoms with Gasteiger partial charge in [0.2, 0.25) is 5.91 Å². The van der Waals surface area contributed by atoms with Crippen LogP contribution < -0.4 is 5.32 Å². The van der Waals surface area contributed by atoms with Crippen molar-refractivity contribution in [2.24, 2.45) is 5.41 Å². The molecule has 0 spiro atoms. The molecule has 1 aromatic heterocycles. The van der Waals surface area contributed by atoms with Crippen molar-refractivity contribution in [3.8, 4) is 0 Å². The summed E-state index contributed by atoms with van der Waals surface area (Å²) in [5.41, 5.74) is 0.411. The van der Waals surface area contributed by atoms with E-state index < -0.39 is 17.3 Å². The van der Waals surface area contributed by atoms with Crippen molar-refractivity contribution < 1.29 is 14.7 Å². The molecule has 0 saturated carbocycles. The molecule has 16 heavy (non-hydrogen) atoms. The topological polar surface area (TPSA) is 95.1 Å². The van der Waals surface area contributed by atoms with Gasteiger partial charge in [0.25, 0.3) is 0 Å². The second-order valence-corrected chi connectivity index (χ2v) is 4.19. The van der Waals surface area contributed by atoms with Gasteiger partial charge in [-0.15, -0.1) is 0 Å². The number of hydrogen-bond acceptors (Lipinski definition) is 3. The number of anilines is 1. The minimum absolute atomic E-state index is 0.541. The summed E-state index contributed by atoms with van der Waals surface area (Å²) in [5, 5.41) is 18.1. The Balaban J connectivity index is 2.92. The largest absolute Gasteiger partial charge is 0.480 e. The highest BCUT2D eigenvalue weighted by Gasteiger charge is 2.36. The Morgan fingerprint density at radius 1 is 1.38 bits per heavy atom. The number of nitrogens with zero attached hydrogens (tertiary/aromatic N) is 1. The lowest BCUT2D eigenvalue weighted by atomic mass is 9.92. The van der Waals surface area contributed by atoms with Gasteiger partial charge in [-0.05, 0) is 27.7 Å². The first kappa shape index (κ1) is 12.2. The van der Waals surface area contributed by atoms with E-state index >= 15 is 0 Å². The number of H-pyrrole nitrogens is 1. The Morgan fingerprint density at radius 3 is 2.31 bits per heavy atom. The van der Waals surface area contributed by atoms with Crippen molar-refractivity contribution in [3.63, 3.8) is 0 Å². The summed E-state index contributed by atoms with van der Waals surface area (Å²) < 4.78 is 0. The van der Waals surface area contributed by atoms with Gasteiger partial charge in [-0.25, -0.2) is 0 Å². The van der Waals surface area contributed by atoms with Gasteiger partial charge in [0, 0.05) is 0 Å². The lowest BCUT2D eigenvalue weighted by Gasteiger charge is -2.18. The zero-order valence-corrected chi connectivity index (χ0v) is 9.71. The average Bonchev–Trinajstić information content (AvgIpc) is 2.49. The Hall–Kier alpha value is -1.85. The first-order valence-electron chi connectivity index (χ1n) is 4.83. The molecular weight excluding hydrogens is 210 g/mol. The molecule has 0 radical (unpaired) electrons. The molecule has 0 unspecified atom stereocenters. The molecule has 1 heterocycles. The van der Waals surface area contributed by atoms with Crippen LogP contribution >= 0.6 is 0 Å². The molecular formula is C10H15N3O3. The van der Waals surface area contributed by atoms with Crippen LogP contribution in [-0.2, 0) is 9.59 Å². The van der Waals surface area contributed by atoms with Gasteiger partial charge in [0.05, 0.1) is 17.1 Å². The molecule has 1 amide bonds. The van der Waals surface area contributed by atoms with Crippen LogP contribution in [0.4, 0.5) is 5.69 Å². The second kappa shape index (κ2) is 3.96. The van der Waals surface area contributed by atoms with Crippen molar-refractivity contribution in [1.29, 1.82) is 0 Å². The van der Waals surface area contributed by atoms with Crippen LogP contribution in [0.2, 0.25) is 0 Å². The van der Waals surface area contributed by atoms with Crippen molar-refractivity contribution in [2.45, 2.75) is 27.7 Å². The highest BCUT2D eigenvalue weighted by Crippen LogP contribution is 2.22. The number of carbonyl (C=O) groups excluding carboxylic acids is 1. The number of carbonyl (C=O) groups is 2. The van der Waals surface area contributed by atoms with Crippen LogP contribution in [0.5, 0.6) is 0 Å². The van der Waals surface area contributed by atoms with Crippen LogP contribution in [0.1, 0.15) is 25.2 Å². The molecule has 3 N–H and O–H groups in total. The van der Waals surface area contributed by atoms with Gasteiger partial charge in [-0.2, -0.15) is 5.10 Å². The van der Waals surface area contributed by atoms with Crippen LogP contribution in [0.25, 0.3) is 0 Å². The van der Waals surface area contributed by atoms with E-state index in [1.54, 1.807) is 13.8 Å². The number of hydrogen-bond donors (Lipinski definition) is 3. The lowest BCUT2D eigenvalue weighted by Crippen LogP contribution is -2.38. The summed E-state index contributed by atoms with van der Waals surface area (Å²) in [6.07, 6.45) is 0. The van der Waals surface area contributed by atoms with Crippen molar-refractivity contribution in [2.75, 3.05) is 5.32 Å². The molecule has 6 nitrogen and oxygen atoms in total. The molecule has 0 atom stereocenters. The third kappa shape index (κ3) is 2.05. The molecule has 0 fully saturated rings. The van der Waals surface area contributed by atoms with E-state index in [4.69, 9.17) is 5.11 Å². The first-order chi connectivity index (χ1) is 7.26. The number of carboxylic acids is 1. The number of carboxylic acid groups (broad SMARTS) is 1. The third-order valence-corrected chi connectivity index (χ3v) is 2.47. The minimum atomic E-state index is -1.46. The van der Waals surface area contributed by atoms with E-state index in [0.717, 1.165) is 0 Å². The van der Waals surface area contributed by atoms with Gasteiger partial charge in [0.1, 0.15) is 5.41 Å². The molecule has 0 aliphatic carbocycles. The van der Waals surface area contributed by atoms with Crippen LogP contribution in [0.15, 0.2) is 0 Å². The van der Waals surface area contributed by atoms with E-state index in [0.29, 0.717) is 17.1 Å². The van der Waals surface area contributed by atoms with Gasteiger partial charge in [0.15, 0.2) is 0 Å². The fourth-order valence-corrected chi connectivity index (χ4v) is 1.10. The standard InChI is InChI=1S/C10H15N3O3/c1-5-7(6(2)13-12-5)11-8(14)10(3,4)9(15)16/h1-4H3,(H,11,14)(H,12,13)(H,15,16). The monoisotopic (exact) mass is 225 g/mol. The Morgan fingerprint density at radius 2 is 1.94 bits per heavy atom. The maximum Gasteiger partial charge on any atom is 0.318 e. The van der Waals surface area contributed by atoms with E-state index in [2.05, 4.69) is 15.5 Å². The van der Waals surface area contributed by atoms with Gasteiger partial charge >= 0.3 is 5.97 Å². The number of aromatic amines is 1. The highest BCUT2D eigenvalue weighted by molar-refractivity contribution is 6.07. The number of aryl methyl sites for hydroxylation is 2. The normalized spacial score (nSPS) is 11.2. The SMILES string of the molecule is Cc1n[nH]c(C)c1NC(=O)C(C)(C)C(=O)O. The predicted octanol–water partition coefficient (Wildman–Crippen LogP) is 1.08. The maximum absolute atomic E-state index is 11.7. The average molecular weight is 225 g/mol. The van der Waals surface area contributed by atoms with Gasteiger partial charge in [-0.3, -0.25) is 14.7 Å². The van der Waals surface area contributed by atoms with Crippen molar-refractivity contribution in [1.82, 2.24) is 10.2 Å². The van der Waals surface area contributed by atoms with E-state index in [-0.39, 0.29) is 0 Å². The molecule has 0 saturated heterocycles. The number of nitrogens with one attached hydrogen (secondary N) is 2. The van der Waals surface area contributed by atoms with Crippen LogP contribution in [0.3, 0.4) is 0 Å². The summed E-state index contributed by atoms with van der Waals surface area (Å²) in [6.45, 7) is 6.20. The van der Waals surface area contributed by atoms with Gasteiger partial charge in [-0.1, -0.05) is 0 Å². The Kier molecular flexibility index (Phi) is 3.02. The summed E-state index contributed by atoms with van der Waals surface area (Å²) in [4.78, 5) is 22.6. The fourth-order valence-electron chi connectivity index (χ4n) is 1.10. The molecule has 88 valence electrons. The van der Waals surface area contributed by atoms with E-state index in [1.807, 2.05) is 0 Å². The quantitative estimate of drug-likeness (QED) is 0.670. The summed E-state index contributed by atoms with van der Waals surface area (Å²) in [5.74, 6) is -1.73. The Labute approximate surface area is 93.1 Å². The van der Waals surface area contributed by atoms with Gasteiger partial charge < -0.3 is 10.4 Å². The van der Waals surface area contributed by atoms with Crippen LogP contribution in [0, 0.1) is 19.3 Å². The van der Waals surface area contributed by atoms with Crippen molar-refractivity contribution in [3.05, 3.63) is 11.4 Å². The summed E-state index contributed by atoms with van der Waals surface area (Å²) >= 11 is 0. The molecule has 6 heteroatoms. The summed E-state index contributed by atoms with van der Waals surface area (Å²) in [6, 6.07) is 0. The van der Waals surface area contributed by atoms with E-state index in [1.165, 1.54) is 13.8 Å². The molecule has 0 aliphatic rings. The minimum Gasteiger partial charge on any atom is -0.480 e. The molecule has 0 aliphatic heterocycles. The molecule has 0 aromatic carbocycles. The predicted molar refractivity (Wildman–Crippen MR) is 58.1 cm³/mol. The number of rotatable bonds is 3. The van der Waals surface area contributed by atoms with E-state index in [9.17, 15) is 9.59 Å². The maximum atomic E-state index is 11.7. The van der Waals surface area contributed by atoms with Crippen LogP contribution in [-0.4, -0.2) is 27.2 Å². The zero-order chi connectivity index (χ0) is 12.5. The fraction of sp³-hybridized carbons (Fsp3) is 0.500. The van der Waals surface area contributed by atoms with Crippen molar-refractivity contribution >= 4 is 17.6 Å². The number of aliphatic carboxylic acids is 1. The highest BCUT2D eigenvalue weighted by atomic mass is 16.4. The lowest BCUT2D eigenvalue weighted by molar-refractivity contribution is -0.151. The third-order valence-electron chi connectivity index (χ3n) is 2.47. The molecule has 1 aromatic rings. The molecule has 1 rings (SSSR count). The second-order valence-electron chi connectivity index (χ2n) is 4.19. The smallest absolute Gasteiger partial charge is 0.318 e. The molecule has 0 bridgehead atoms. The summed E-state index contributed by atoms with van der Waals surface area (Å²) in [7, 11) is 0. The Bertz CT molecular complexity index is 415. The zero-order valence-electron chi connectivity index (χ0n) is 9.71. The number of amides is 1. The first-order valence-corrected chi connectivity index (χ1v) is 4.83. The number of aromatic nitrogens is 2.